The first kappa shape index (κ1) is 23.9. The van der Waals surface area contributed by atoms with Crippen LogP contribution in [0, 0.1) is 20.8 Å². The van der Waals surface area contributed by atoms with Crippen molar-refractivity contribution in [2.75, 3.05) is 0 Å². The van der Waals surface area contributed by atoms with Crippen LogP contribution in [0.1, 0.15) is 49.3 Å². The van der Waals surface area contributed by atoms with Crippen molar-refractivity contribution in [3.63, 3.8) is 0 Å². The van der Waals surface area contributed by atoms with Gasteiger partial charge in [-0.1, -0.05) is 29.8 Å². The summed E-state index contributed by atoms with van der Waals surface area (Å²) in [6.45, 7) is 11.3. The van der Waals surface area contributed by atoms with E-state index in [2.05, 4.69) is 4.98 Å². The summed E-state index contributed by atoms with van der Waals surface area (Å²) in [7, 11) is 0. The van der Waals surface area contributed by atoms with Gasteiger partial charge >= 0.3 is 5.97 Å². The first-order chi connectivity index (χ1) is 15.9. The van der Waals surface area contributed by atoms with Crippen molar-refractivity contribution in [3.05, 3.63) is 69.9 Å². The average molecular weight is 478 g/mol. The molecule has 2 aromatic carbocycles. The van der Waals surface area contributed by atoms with E-state index in [4.69, 9.17) is 26.3 Å². The van der Waals surface area contributed by atoms with Crippen LogP contribution in [-0.4, -0.2) is 31.6 Å². The number of carboxylic acids is 1. The Hall–Kier alpha value is -3.22. The molecule has 0 unspecified atom stereocenters. The number of aromatic nitrogens is 3. The van der Waals surface area contributed by atoms with E-state index in [1.54, 1.807) is 12.1 Å². The van der Waals surface area contributed by atoms with Crippen molar-refractivity contribution in [3.8, 4) is 22.6 Å². The average Bonchev–Trinajstić information content (AvgIpc) is 3.16. The Labute approximate surface area is 204 Å². The second-order valence-corrected chi connectivity index (χ2v) is 9.96. The van der Waals surface area contributed by atoms with Gasteiger partial charge < -0.3 is 14.8 Å². The molecular formula is C27H28ClN3O3. The largest absolute Gasteiger partial charge is 0.479 e. The number of aliphatic carboxylic acids is 1. The Kier molecular flexibility index (Phi) is 6.23. The van der Waals surface area contributed by atoms with Gasteiger partial charge in [-0.3, -0.25) is 0 Å². The number of nitrogens with zero attached hydrogens (tertiary/aromatic N) is 2. The van der Waals surface area contributed by atoms with Crippen molar-refractivity contribution in [1.29, 1.82) is 0 Å². The lowest BCUT2D eigenvalue weighted by molar-refractivity contribution is -0.160. The van der Waals surface area contributed by atoms with E-state index in [1.807, 2.05) is 71.9 Å². The van der Waals surface area contributed by atoms with Crippen molar-refractivity contribution in [1.82, 2.24) is 15.0 Å². The number of H-pyrrole nitrogens is 1. The van der Waals surface area contributed by atoms with Gasteiger partial charge in [0.15, 0.2) is 11.9 Å². The standard InChI is InChI=1S/C27H28ClN3O3/c1-14-7-12-19-20(13-14)31-25(30-19)23-15(2)21(17-8-10-18(28)11-9-17)22(16(3)29-23)24(26(32)33)34-27(4,5)6/h7-13,24H,1-6H3,(H,30,31)(H,32,33)/t24-/m0/s1. The van der Waals surface area contributed by atoms with Gasteiger partial charge in [-0.15, -0.1) is 0 Å². The van der Waals surface area contributed by atoms with Gasteiger partial charge in [0.05, 0.1) is 16.6 Å². The third-order valence-electron chi connectivity index (χ3n) is 5.62. The van der Waals surface area contributed by atoms with E-state index in [0.717, 1.165) is 33.3 Å². The number of benzene rings is 2. The molecule has 6 nitrogen and oxygen atoms in total. The van der Waals surface area contributed by atoms with Crippen molar-refractivity contribution in [2.24, 2.45) is 0 Å². The highest BCUT2D eigenvalue weighted by Crippen LogP contribution is 2.40. The predicted molar refractivity (Wildman–Crippen MR) is 135 cm³/mol. The van der Waals surface area contributed by atoms with Crippen LogP contribution in [0.25, 0.3) is 33.7 Å². The summed E-state index contributed by atoms with van der Waals surface area (Å²) >= 11 is 6.15. The van der Waals surface area contributed by atoms with Gasteiger partial charge in [-0.25, -0.2) is 14.8 Å². The van der Waals surface area contributed by atoms with E-state index in [-0.39, 0.29) is 0 Å². The molecule has 34 heavy (non-hydrogen) atoms. The highest BCUT2D eigenvalue weighted by atomic mass is 35.5. The lowest BCUT2D eigenvalue weighted by atomic mass is 9.89. The number of rotatable bonds is 5. The number of carboxylic acid groups (broad SMARTS) is 1. The maximum atomic E-state index is 12.4. The predicted octanol–water partition coefficient (Wildman–Crippen LogP) is 6.81. The van der Waals surface area contributed by atoms with E-state index >= 15 is 0 Å². The summed E-state index contributed by atoms with van der Waals surface area (Å²) < 4.78 is 6.02. The summed E-state index contributed by atoms with van der Waals surface area (Å²) in [6, 6.07) is 13.4. The first-order valence-electron chi connectivity index (χ1n) is 11.1. The fraction of sp³-hybridized carbons (Fsp3) is 0.296. The number of halogens is 1. The molecule has 0 saturated heterocycles. The van der Waals surface area contributed by atoms with Gasteiger partial charge in [0.25, 0.3) is 0 Å². The third-order valence-corrected chi connectivity index (χ3v) is 5.87. The number of hydrogen-bond donors (Lipinski definition) is 2. The van der Waals surface area contributed by atoms with Crippen LogP contribution in [0.15, 0.2) is 42.5 Å². The topological polar surface area (TPSA) is 88.1 Å². The van der Waals surface area contributed by atoms with E-state index in [9.17, 15) is 9.90 Å². The van der Waals surface area contributed by atoms with Crippen molar-refractivity contribution >= 4 is 28.6 Å². The molecule has 2 N–H and O–H groups in total. The smallest absolute Gasteiger partial charge is 0.337 e. The Morgan fingerprint density at radius 3 is 2.35 bits per heavy atom. The molecule has 4 aromatic rings. The Morgan fingerprint density at radius 1 is 1.06 bits per heavy atom. The second-order valence-electron chi connectivity index (χ2n) is 9.52. The SMILES string of the molecule is Cc1ccc2nc(-c3nc(C)c([C@H](OC(C)(C)C)C(=O)O)c(-c4ccc(Cl)cc4)c3C)[nH]c2c1. The summed E-state index contributed by atoms with van der Waals surface area (Å²) in [5, 5.41) is 10.7. The minimum Gasteiger partial charge on any atom is -0.479 e. The van der Waals surface area contributed by atoms with Gasteiger partial charge in [0.2, 0.25) is 0 Å². The molecule has 7 heteroatoms. The first-order valence-corrected chi connectivity index (χ1v) is 11.5. The third kappa shape index (κ3) is 4.69. The number of nitrogens with one attached hydrogen (secondary N) is 1. The summed E-state index contributed by atoms with van der Waals surface area (Å²) in [5.74, 6) is -0.437. The summed E-state index contributed by atoms with van der Waals surface area (Å²) in [5.41, 5.74) is 6.38. The number of aromatic amines is 1. The highest BCUT2D eigenvalue weighted by molar-refractivity contribution is 6.30. The van der Waals surface area contributed by atoms with Crippen LogP contribution in [-0.2, 0) is 9.53 Å². The van der Waals surface area contributed by atoms with Crippen LogP contribution in [0.3, 0.4) is 0 Å². The molecule has 0 aliphatic carbocycles. The maximum absolute atomic E-state index is 12.4. The molecule has 2 aromatic heterocycles. The number of carbonyl (C=O) groups is 1. The Balaban J connectivity index is 2.01. The van der Waals surface area contributed by atoms with Gasteiger partial charge in [0, 0.05) is 16.3 Å². The van der Waals surface area contributed by atoms with Crippen LogP contribution >= 0.6 is 11.6 Å². The number of hydrogen-bond acceptors (Lipinski definition) is 4. The molecule has 4 rings (SSSR count). The lowest BCUT2D eigenvalue weighted by Crippen LogP contribution is -2.28. The second kappa shape index (κ2) is 8.85. The van der Waals surface area contributed by atoms with Gasteiger partial charge in [-0.2, -0.15) is 0 Å². The monoisotopic (exact) mass is 477 g/mol. The quantitative estimate of drug-likeness (QED) is 0.329. The van der Waals surface area contributed by atoms with E-state index in [0.29, 0.717) is 27.8 Å². The molecule has 0 aliphatic rings. The molecule has 0 spiro atoms. The van der Waals surface area contributed by atoms with Gasteiger partial charge in [-0.05, 0) is 88.1 Å². The normalized spacial score (nSPS) is 12.8. The fourth-order valence-corrected chi connectivity index (χ4v) is 4.30. The molecule has 0 saturated carbocycles. The number of ether oxygens (including phenoxy) is 1. The van der Waals surface area contributed by atoms with Crippen LogP contribution in [0.5, 0.6) is 0 Å². The molecule has 0 aliphatic heterocycles. The Morgan fingerprint density at radius 2 is 1.74 bits per heavy atom. The number of pyridine rings is 1. The van der Waals surface area contributed by atoms with Crippen molar-refractivity contribution < 1.29 is 14.6 Å². The van der Waals surface area contributed by atoms with Crippen molar-refractivity contribution in [2.45, 2.75) is 53.2 Å². The number of imidazole rings is 1. The molecule has 0 fully saturated rings. The summed E-state index contributed by atoms with van der Waals surface area (Å²) in [6.07, 6.45) is -1.19. The fourth-order valence-electron chi connectivity index (χ4n) is 4.17. The van der Waals surface area contributed by atoms with Crippen LogP contribution < -0.4 is 0 Å². The molecular weight excluding hydrogens is 450 g/mol. The Bertz CT molecular complexity index is 1390. The molecule has 0 radical (unpaired) electrons. The zero-order valence-corrected chi connectivity index (χ0v) is 20.9. The number of fused-ring (bicyclic) bond motifs is 1. The minimum atomic E-state index is -1.19. The molecule has 0 bridgehead atoms. The maximum Gasteiger partial charge on any atom is 0.337 e. The zero-order valence-electron chi connectivity index (χ0n) is 20.2. The van der Waals surface area contributed by atoms with E-state index < -0.39 is 17.7 Å². The highest BCUT2D eigenvalue weighted by Gasteiger charge is 2.33. The van der Waals surface area contributed by atoms with Gasteiger partial charge in [0.1, 0.15) is 5.69 Å². The zero-order chi connectivity index (χ0) is 24.8. The summed E-state index contributed by atoms with van der Waals surface area (Å²) in [4.78, 5) is 25.4. The minimum absolute atomic E-state index is 0.526. The molecule has 1 atom stereocenters. The van der Waals surface area contributed by atoms with Crippen LogP contribution in [0.4, 0.5) is 0 Å². The molecule has 2 heterocycles. The lowest BCUT2D eigenvalue weighted by Gasteiger charge is -2.28. The number of aryl methyl sites for hydroxylation is 2. The van der Waals surface area contributed by atoms with Crippen LogP contribution in [0.2, 0.25) is 5.02 Å². The molecule has 0 amide bonds. The van der Waals surface area contributed by atoms with E-state index in [1.165, 1.54) is 0 Å². The molecule has 176 valence electrons.